The van der Waals surface area contributed by atoms with Gasteiger partial charge in [-0.15, -0.1) is 11.3 Å². The van der Waals surface area contributed by atoms with Crippen LogP contribution in [0.1, 0.15) is 42.8 Å². The van der Waals surface area contributed by atoms with Gasteiger partial charge in [-0.05, 0) is 60.9 Å². The minimum absolute atomic E-state index is 0.129. The Kier molecular flexibility index (Phi) is 9.84. The molecule has 3 N–H and O–H groups in total. The number of carbonyl (C=O) groups is 2. The van der Waals surface area contributed by atoms with Gasteiger partial charge >= 0.3 is 0 Å². The lowest BCUT2D eigenvalue weighted by Gasteiger charge is -2.20. The second-order valence-corrected chi connectivity index (χ2v) is 12.0. The van der Waals surface area contributed by atoms with Crippen LogP contribution in [0.25, 0.3) is 10.1 Å². The van der Waals surface area contributed by atoms with E-state index in [9.17, 15) is 22.4 Å². The minimum Gasteiger partial charge on any atom is -0.354 e. The number of hydrogen-bond acceptors (Lipinski definition) is 5. The molecule has 0 radical (unpaired) electrons. The summed E-state index contributed by atoms with van der Waals surface area (Å²) in [6.07, 6.45) is 1.46. The average Bonchev–Trinajstić information content (AvgIpc) is 3.24. The zero-order valence-corrected chi connectivity index (χ0v) is 22.4. The van der Waals surface area contributed by atoms with Crippen molar-refractivity contribution >= 4 is 54.9 Å². The summed E-state index contributed by atoms with van der Waals surface area (Å²) in [5.41, 5.74) is 0. The maximum Gasteiger partial charge on any atom is 0.262 e. The van der Waals surface area contributed by atoms with Crippen molar-refractivity contribution in [3.63, 3.8) is 0 Å². The van der Waals surface area contributed by atoms with Crippen molar-refractivity contribution < 1.29 is 22.4 Å². The number of benzene rings is 2. The molecule has 0 aliphatic heterocycles. The molecule has 0 saturated carbocycles. The number of thiophene rings is 1. The Balaban J connectivity index is 1.47. The molecule has 36 heavy (non-hydrogen) atoms. The number of nitrogens with one attached hydrogen (secondary N) is 3. The van der Waals surface area contributed by atoms with Gasteiger partial charge in [0.1, 0.15) is 16.8 Å². The quantitative estimate of drug-likeness (QED) is 0.282. The van der Waals surface area contributed by atoms with Crippen LogP contribution in [-0.4, -0.2) is 39.4 Å². The highest BCUT2D eigenvalue weighted by Gasteiger charge is 2.23. The molecule has 3 rings (SSSR count). The summed E-state index contributed by atoms with van der Waals surface area (Å²) in [7, 11) is -3.87. The molecular formula is C25H29ClFN3O4S2. The molecule has 11 heteroatoms. The Labute approximate surface area is 219 Å². The first-order valence-electron chi connectivity index (χ1n) is 11.6. The highest BCUT2D eigenvalue weighted by atomic mass is 35.5. The number of halogens is 2. The molecule has 0 bridgehead atoms. The van der Waals surface area contributed by atoms with E-state index in [-0.39, 0.29) is 34.2 Å². The first-order chi connectivity index (χ1) is 17.1. The van der Waals surface area contributed by atoms with Crippen LogP contribution in [0.5, 0.6) is 0 Å². The normalized spacial score (nSPS) is 12.6. The lowest BCUT2D eigenvalue weighted by Crippen LogP contribution is -2.47. The number of unbranched alkanes of at least 4 members (excludes halogenated alkanes) is 1. The van der Waals surface area contributed by atoms with E-state index in [4.69, 9.17) is 11.6 Å². The third kappa shape index (κ3) is 7.73. The molecule has 1 heterocycles. The van der Waals surface area contributed by atoms with Gasteiger partial charge in [-0.1, -0.05) is 43.6 Å². The van der Waals surface area contributed by atoms with Crippen molar-refractivity contribution in [3.8, 4) is 0 Å². The summed E-state index contributed by atoms with van der Waals surface area (Å²) in [5.74, 6) is -0.996. The Morgan fingerprint density at radius 2 is 1.78 bits per heavy atom. The second kappa shape index (κ2) is 12.6. The van der Waals surface area contributed by atoms with Gasteiger partial charge in [0.05, 0.1) is 9.90 Å². The van der Waals surface area contributed by atoms with Crippen molar-refractivity contribution in [1.29, 1.82) is 0 Å². The van der Waals surface area contributed by atoms with Crippen LogP contribution in [0.3, 0.4) is 0 Å². The van der Waals surface area contributed by atoms with E-state index >= 15 is 0 Å². The van der Waals surface area contributed by atoms with Gasteiger partial charge in [0.2, 0.25) is 15.9 Å². The van der Waals surface area contributed by atoms with Crippen LogP contribution in [-0.2, 0) is 14.8 Å². The SMILES string of the molecule is CC(C)C[C@H](NC(=O)c1cc2ccccc2s1)C(=O)NCCCCNS(=O)(=O)c1ccc(F)cc1Cl. The molecule has 0 unspecified atom stereocenters. The van der Waals surface area contributed by atoms with Gasteiger partial charge in [-0.3, -0.25) is 9.59 Å². The fourth-order valence-corrected chi connectivity index (χ4v) is 6.16. The molecule has 0 aliphatic rings. The summed E-state index contributed by atoms with van der Waals surface area (Å²) in [6.45, 7) is 4.41. The van der Waals surface area contributed by atoms with Crippen LogP contribution in [0, 0.1) is 11.7 Å². The van der Waals surface area contributed by atoms with Crippen LogP contribution < -0.4 is 15.4 Å². The number of fused-ring (bicyclic) bond motifs is 1. The molecule has 1 atom stereocenters. The van der Waals surface area contributed by atoms with Gasteiger partial charge in [-0.25, -0.2) is 17.5 Å². The highest BCUT2D eigenvalue weighted by Crippen LogP contribution is 2.25. The van der Waals surface area contributed by atoms with Crippen molar-refractivity contribution in [3.05, 3.63) is 64.2 Å². The standard InChI is InChI=1S/C25H29ClFN3O4S2/c1-16(2)13-20(30-25(32)22-14-17-7-3-4-8-21(17)35-22)24(31)28-11-5-6-12-29-36(33,34)23-10-9-18(27)15-19(23)26/h3-4,7-10,14-16,20,29H,5-6,11-13H2,1-2H3,(H,28,31)(H,30,32)/t20-/m0/s1. The first-order valence-corrected chi connectivity index (χ1v) is 14.3. The third-order valence-electron chi connectivity index (χ3n) is 5.36. The van der Waals surface area contributed by atoms with Gasteiger partial charge in [0.25, 0.3) is 5.91 Å². The molecule has 194 valence electrons. The summed E-state index contributed by atoms with van der Waals surface area (Å²) >= 11 is 7.22. The van der Waals surface area contributed by atoms with E-state index in [0.29, 0.717) is 30.7 Å². The molecule has 2 aromatic carbocycles. The van der Waals surface area contributed by atoms with Crippen LogP contribution in [0.4, 0.5) is 4.39 Å². The average molecular weight is 554 g/mol. The van der Waals surface area contributed by atoms with Gasteiger partial charge in [-0.2, -0.15) is 0 Å². The Morgan fingerprint density at radius 3 is 2.47 bits per heavy atom. The zero-order chi connectivity index (χ0) is 26.3. The molecule has 2 amide bonds. The van der Waals surface area contributed by atoms with Gasteiger partial charge in [0, 0.05) is 17.8 Å². The van der Waals surface area contributed by atoms with E-state index in [1.54, 1.807) is 0 Å². The molecule has 0 spiro atoms. The summed E-state index contributed by atoms with van der Waals surface area (Å²) in [4.78, 5) is 25.9. The highest BCUT2D eigenvalue weighted by molar-refractivity contribution is 7.89. The van der Waals surface area contributed by atoms with Crippen LogP contribution in [0.15, 0.2) is 53.4 Å². The van der Waals surface area contributed by atoms with E-state index in [2.05, 4.69) is 15.4 Å². The molecule has 3 aromatic rings. The maximum absolute atomic E-state index is 13.2. The summed E-state index contributed by atoms with van der Waals surface area (Å²) in [6, 6.07) is 11.9. The van der Waals surface area contributed by atoms with Crippen molar-refractivity contribution in [1.82, 2.24) is 15.4 Å². The van der Waals surface area contributed by atoms with Crippen LogP contribution >= 0.6 is 22.9 Å². The van der Waals surface area contributed by atoms with E-state index < -0.39 is 21.9 Å². The molecule has 0 saturated heterocycles. The second-order valence-electron chi connectivity index (χ2n) is 8.77. The minimum atomic E-state index is -3.87. The smallest absolute Gasteiger partial charge is 0.262 e. The number of hydrogen-bond donors (Lipinski definition) is 3. The van der Waals surface area contributed by atoms with Crippen molar-refractivity contribution in [2.45, 2.75) is 44.0 Å². The summed E-state index contributed by atoms with van der Waals surface area (Å²) in [5, 5.41) is 6.47. The van der Waals surface area contributed by atoms with Crippen molar-refractivity contribution in [2.24, 2.45) is 5.92 Å². The fraction of sp³-hybridized carbons (Fsp3) is 0.360. The predicted octanol–water partition coefficient (Wildman–Crippen LogP) is 4.71. The Morgan fingerprint density at radius 1 is 1.06 bits per heavy atom. The molecule has 1 aromatic heterocycles. The first kappa shape index (κ1) is 28.0. The third-order valence-corrected chi connectivity index (χ3v) is 8.42. The molecule has 7 nitrogen and oxygen atoms in total. The monoisotopic (exact) mass is 553 g/mol. The Bertz CT molecular complexity index is 1290. The van der Waals surface area contributed by atoms with Crippen LogP contribution in [0.2, 0.25) is 5.02 Å². The zero-order valence-electron chi connectivity index (χ0n) is 20.0. The van der Waals surface area contributed by atoms with Gasteiger partial charge in [0.15, 0.2) is 0 Å². The van der Waals surface area contributed by atoms with Gasteiger partial charge < -0.3 is 10.6 Å². The molecular weight excluding hydrogens is 525 g/mol. The number of sulfonamides is 1. The predicted molar refractivity (Wildman–Crippen MR) is 141 cm³/mol. The number of amides is 2. The lowest BCUT2D eigenvalue weighted by atomic mass is 10.0. The van der Waals surface area contributed by atoms with E-state index in [1.165, 1.54) is 11.3 Å². The Hall–Kier alpha value is -2.53. The number of carbonyl (C=O) groups excluding carboxylic acids is 2. The fourth-order valence-electron chi connectivity index (χ4n) is 3.59. The maximum atomic E-state index is 13.2. The lowest BCUT2D eigenvalue weighted by molar-refractivity contribution is -0.123. The number of rotatable bonds is 12. The largest absolute Gasteiger partial charge is 0.354 e. The van der Waals surface area contributed by atoms with E-state index in [0.717, 1.165) is 28.3 Å². The molecule has 0 aliphatic carbocycles. The molecule has 0 fully saturated rings. The van der Waals surface area contributed by atoms with Crippen molar-refractivity contribution in [2.75, 3.05) is 13.1 Å². The summed E-state index contributed by atoms with van der Waals surface area (Å²) < 4.78 is 41.3. The van der Waals surface area contributed by atoms with E-state index in [1.807, 2.05) is 44.2 Å². The topological polar surface area (TPSA) is 104 Å².